The second kappa shape index (κ2) is 13.0. The fraction of sp³-hybridized carbons (Fsp3) is 0.333. The van der Waals surface area contributed by atoms with Gasteiger partial charge in [0.05, 0.1) is 22.2 Å². The van der Waals surface area contributed by atoms with Crippen molar-refractivity contribution in [1.82, 2.24) is 10.2 Å². The molecule has 0 fully saturated rings. The van der Waals surface area contributed by atoms with Crippen LogP contribution in [0.25, 0.3) is 0 Å². The highest BCUT2D eigenvalue weighted by Crippen LogP contribution is 2.31. The molecule has 0 aromatic heterocycles. The van der Waals surface area contributed by atoms with Crippen molar-refractivity contribution < 1.29 is 27.1 Å². The lowest BCUT2D eigenvalue weighted by Crippen LogP contribution is -2.54. The normalized spacial score (nSPS) is 12.4. The molecule has 0 heterocycles. The highest BCUT2D eigenvalue weighted by Gasteiger charge is 2.33. The van der Waals surface area contributed by atoms with E-state index in [1.807, 2.05) is 27.7 Å². The van der Waals surface area contributed by atoms with Crippen LogP contribution in [0.2, 0.25) is 0 Å². The third-order valence-corrected chi connectivity index (χ3v) is 8.63. The summed E-state index contributed by atoms with van der Waals surface area (Å²) in [5.41, 5.74) is 1.22. The van der Waals surface area contributed by atoms with Gasteiger partial charge in [-0.3, -0.25) is 13.9 Å². The summed E-state index contributed by atoms with van der Waals surface area (Å²) in [5, 5.41) is 2.87. The van der Waals surface area contributed by atoms with Crippen molar-refractivity contribution in [3.05, 3.63) is 88.1 Å². The van der Waals surface area contributed by atoms with E-state index in [1.54, 1.807) is 31.2 Å². The van der Waals surface area contributed by atoms with Gasteiger partial charge in [0.2, 0.25) is 11.8 Å². The number of ether oxygens (including phenoxy) is 1. The Hall–Kier alpha value is -3.44. The lowest BCUT2D eigenvalue weighted by atomic mass is 10.1. The number of aryl methyl sites for hydroxylation is 1. The smallest absolute Gasteiger partial charge is 0.264 e. The molecule has 0 radical (unpaired) electrons. The number of nitrogens with one attached hydrogen (secondary N) is 1. The predicted octanol–water partition coefficient (Wildman–Crippen LogP) is 5.43. The highest BCUT2D eigenvalue weighted by molar-refractivity contribution is 9.10. The Morgan fingerprint density at radius 2 is 1.63 bits per heavy atom. The van der Waals surface area contributed by atoms with Crippen molar-refractivity contribution in [2.24, 2.45) is 0 Å². The van der Waals surface area contributed by atoms with Crippen LogP contribution in [-0.2, 0) is 26.2 Å². The monoisotopic (exact) mass is 647 g/mol. The molecule has 0 aliphatic heterocycles. The Balaban J connectivity index is 2.05. The van der Waals surface area contributed by atoms with Gasteiger partial charge in [0.1, 0.15) is 24.2 Å². The van der Waals surface area contributed by atoms with Crippen LogP contribution < -0.4 is 14.4 Å². The lowest BCUT2D eigenvalue weighted by molar-refractivity contribution is -0.140. The third kappa shape index (κ3) is 8.29. The molecule has 11 heteroatoms. The maximum absolute atomic E-state index is 14.0. The van der Waals surface area contributed by atoms with Crippen molar-refractivity contribution >= 4 is 43.5 Å². The Bertz CT molecular complexity index is 1490. The second-order valence-electron chi connectivity index (χ2n) is 10.7. The first-order valence-electron chi connectivity index (χ1n) is 12.9. The van der Waals surface area contributed by atoms with Gasteiger partial charge in [-0.1, -0.05) is 29.8 Å². The zero-order chi connectivity index (χ0) is 30.5. The van der Waals surface area contributed by atoms with Gasteiger partial charge in [-0.15, -0.1) is 0 Å². The van der Waals surface area contributed by atoms with Gasteiger partial charge in [-0.2, -0.15) is 0 Å². The highest BCUT2D eigenvalue weighted by atomic mass is 79.9. The number of methoxy groups -OCH3 is 1. The summed E-state index contributed by atoms with van der Waals surface area (Å²) in [4.78, 5) is 28.4. The topological polar surface area (TPSA) is 96.0 Å². The fourth-order valence-corrected chi connectivity index (χ4v) is 6.15. The minimum Gasteiger partial charge on any atom is -0.496 e. The Morgan fingerprint density at radius 3 is 2.17 bits per heavy atom. The molecule has 0 saturated carbocycles. The maximum Gasteiger partial charge on any atom is 0.264 e. The van der Waals surface area contributed by atoms with Crippen molar-refractivity contribution in [2.75, 3.05) is 18.0 Å². The standard InChI is InChI=1S/C30H35BrFN3O5S/c1-20-7-13-24(14-8-20)35(41(38,39)25-15-16-27(40-6)26(31)17-25)19-28(36)34(18-22-9-11-23(32)12-10-22)21(2)29(37)33-30(3,4)5/h7-17,21H,18-19H2,1-6H3,(H,33,37)/t21-/m0/s1. The molecule has 8 nitrogen and oxygen atoms in total. The summed E-state index contributed by atoms with van der Waals surface area (Å²) in [6.07, 6.45) is 0. The van der Waals surface area contributed by atoms with Crippen molar-refractivity contribution in [1.29, 1.82) is 0 Å². The number of amides is 2. The molecule has 1 atom stereocenters. The SMILES string of the molecule is COc1ccc(S(=O)(=O)N(CC(=O)N(Cc2ccc(F)cc2)[C@@H](C)C(=O)NC(C)(C)C)c2ccc(C)cc2)cc1Br. The number of hydrogen-bond donors (Lipinski definition) is 1. The van der Waals surface area contributed by atoms with Crippen molar-refractivity contribution in [3.8, 4) is 5.75 Å². The molecule has 3 rings (SSSR count). The van der Waals surface area contributed by atoms with Crippen LogP contribution in [0.15, 0.2) is 76.1 Å². The number of benzene rings is 3. The number of halogens is 2. The number of anilines is 1. The van der Waals surface area contributed by atoms with E-state index in [9.17, 15) is 22.4 Å². The largest absolute Gasteiger partial charge is 0.496 e. The number of carbonyl (C=O) groups excluding carboxylic acids is 2. The molecule has 41 heavy (non-hydrogen) atoms. The van der Waals surface area contributed by atoms with Crippen molar-refractivity contribution in [2.45, 2.75) is 57.6 Å². The first-order chi connectivity index (χ1) is 19.1. The van der Waals surface area contributed by atoms with Gasteiger partial charge in [0.25, 0.3) is 10.0 Å². The molecule has 3 aromatic rings. The van der Waals surface area contributed by atoms with Crippen LogP contribution in [0.1, 0.15) is 38.8 Å². The minimum absolute atomic E-state index is 0.0340. The number of nitrogens with zero attached hydrogens (tertiary/aromatic N) is 2. The molecule has 0 spiro atoms. The van der Waals surface area contributed by atoms with E-state index >= 15 is 0 Å². The van der Waals surface area contributed by atoms with Gasteiger partial charge in [0.15, 0.2) is 0 Å². The molecule has 0 aliphatic carbocycles. The number of hydrogen-bond acceptors (Lipinski definition) is 5. The fourth-order valence-electron chi connectivity index (χ4n) is 4.02. The van der Waals surface area contributed by atoms with Crippen LogP contribution in [0.3, 0.4) is 0 Å². The molecule has 0 bridgehead atoms. The maximum atomic E-state index is 14.0. The number of carbonyl (C=O) groups is 2. The Labute approximate surface area is 249 Å². The summed E-state index contributed by atoms with van der Waals surface area (Å²) in [6, 6.07) is 15.7. The molecule has 1 N–H and O–H groups in total. The molecule has 2 amide bonds. The van der Waals surface area contributed by atoms with E-state index in [2.05, 4.69) is 21.2 Å². The molecular formula is C30H35BrFN3O5S. The van der Waals surface area contributed by atoms with E-state index in [1.165, 1.54) is 54.5 Å². The first kappa shape index (κ1) is 32.1. The van der Waals surface area contributed by atoms with Crippen molar-refractivity contribution in [3.63, 3.8) is 0 Å². The Morgan fingerprint density at radius 1 is 1.02 bits per heavy atom. The number of rotatable bonds is 10. The van der Waals surface area contributed by atoms with Crippen LogP contribution in [0.4, 0.5) is 10.1 Å². The summed E-state index contributed by atoms with van der Waals surface area (Å²) in [6.45, 7) is 8.30. The average molecular weight is 649 g/mol. The van der Waals surface area contributed by atoms with Crippen LogP contribution in [-0.4, -0.2) is 50.4 Å². The van der Waals surface area contributed by atoms with Gasteiger partial charge in [-0.05, 0) is 98.6 Å². The number of sulfonamides is 1. The molecule has 0 saturated heterocycles. The first-order valence-corrected chi connectivity index (χ1v) is 15.1. The van der Waals surface area contributed by atoms with Crippen LogP contribution >= 0.6 is 15.9 Å². The van der Waals surface area contributed by atoms with Gasteiger partial charge < -0.3 is 15.0 Å². The van der Waals surface area contributed by atoms with E-state index in [0.717, 1.165) is 9.87 Å². The van der Waals surface area contributed by atoms with Gasteiger partial charge in [-0.25, -0.2) is 12.8 Å². The van der Waals surface area contributed by atoms with E-state index in [0.29, 0.717) is 15.8 Å². The average Bonchev–Trinajstić information content (AvgIpc) is 2.90. The second-order valence-corrected chi connectivity index (χ2v) is 13.4. The quantitative estimate of drug-likeness (QED) is 0.317. The van der Waals surface area contributed by atoms with Gasteiger partial charge >= 0.3 is 0 Å². The molecule has 220 valence electrons. The summed E-state index contributed by atoms with van der Waals surface area (Å²) in [7, 11) is -2.78. The zero-order valence-electron chi connectivity index (χ0n) is 23.9. The summed E-state index contributed by atoms with van der Waals surface area (Å²) in [5.74, 6) is -1.00. The lowest BCUT2D eigenvalue weighted by Gasteiger charge is -2.33. The van der Waals surface area contributed by atoms with Crippen LogP contribution in [0, 0.1) is 12.7 Å². The van der Waals surface area contributed by atoms with Crippen LogP contribution in [0.5, 0.6) is 5.75 Å². The molecule has 0 aliphatic rings. The summed E-state index contributed by atoms with van der Waals surface area (Å²) < 4.78 is 48.2. The summed E-state index contributed by atoms with van der Waals surface area (Å²) >= 11 is 3.34. The van der Waals surface area contributed by atoms with E-state index in [4.69, 9.17) is 4.74 Å². The third-order valence-electron chi connectivity index (χ3n) is 6.24. The van der Waals surface area contributed by atoms with Gasteiger partial charge in [0, 0.05) is 12.1 Å². The predicted molar refractivity (Wildman–Crippen MR) is 161 cm³/mol. The zero-order valence-corrected chi connectivity index (χ0v) is 26.3. The van der Waals surface area contributed by atoms with E-state index in [-0.39, 0.29) is 17.1 Å². The molecule has 0 unspecified atom stereocenters. The molecular weight excluding hydrogens is 613 g/mol. The van der Waals surface area contributed by atoms with E-state index < -0.39 is 45.8 Å². The Kier molecular flexibility index (Phi) is 10.2. The minimum atomic E-state index is -4.25. The molecule has 3 aromatic carbocycles.